The lowest BCUT2D eigenvalue weighted by atomic mass is 10.2. The molecule has 4 aromatic rings. The first-order valence-electron chi connectivity index (χ1n) is 9.63. The first-order chi connectivity index (χ1) is 13.8. The Kier molecular flexibility index (Phi) is 5.89. The second-order valence-corrected chi connectivity index (χ2v) is 8.84. The molecule has 3 heteroatoms. The van der Waals surface area contributed by atoms with Crippen LogP contribution in [0.25, 0.3) is 11.4 Å². The lowest BCUT2D eigenvalue weighted by Gasteiger charge is -2.18. The van der Waals surface area contributed by atoms with Gasteiger partial charge in [-0.2, -0.15) is 0 Å². The van der Waals surface area contributed by atoms with E-state index in [1.807, 2.05) is 6.07 Å². The minimum atomic E-state index is -0.501. The van der Waals surface area contributed by atoms with Crippen molar-refractivity contribution in [3.05, 3.63) is 108 Å². The Balaban J connectivity index is 1.68. The number of hydrogen-bond acceptors (Lipinski definition) is 2. The van der Waals surface area contributed by atoms with Gasteiger partial charge in [0.15, 0.2) is 0 Å². The van der Waals surface area contributed by atoms with E-state index in [0.717, 1.165) is 35.4 Å². The number of nitrogens with zero attached hydrogens (tertiary/aromatic N) is 2. The van der Waals surface area contributed by atoms with E-state index < -0.39 is 7.92 Å². The second kappa shape index (κ2) is 8.91. The van der Waals surface area contributed by atoms with Crippen molar-refractivity contribution in [2.45, 2.75) is 19.5 Å². The quantitative estimate of drug-likeness (QED) is 0.421. The van der Waals surface area contributed by atoms with E-state index >= 15 is 0 Å². The van der Waals surface area contributed by atoms with Crippen LogP contribution in [0.15, 0.2) is 97.1 Å². The van der Waals surface area contributed by atoms with Gasteiger partial charge in [-0.1, -0.05) is 79.7 Å². The molecule has 0 atom stereocenters. The molecular weight excluding hydrogens is 359 g/mol. The van der Waals surface area contributed by atoms with Gasteiger partial charge in [-0.25, -0.2) is 0 Å². The molecule has 0 N–H and O–H groups in total. The zero-order chi connectivity index (χ0) is 19.2. The minimum absolute atomic E-state index is 0.501. The van der Waals surface area contributed by atoms with Crippen molar-refractivity contribution in [3.63, 3.8) is 0 Å². The van der Waals surface area contributed by atoms with Gasteiger partial charge in [0.05, 0.1) is 11.4 Å². The SMILES string of the molecule is CCc1cccc(-c2cccc(CP(c3ccccc3)c3ccccc3)n2)n1. The van der Waals surface area contributed by atoms with Crippen LogP contribution >= 0.6 is 7.92 Å². The maximum atomic E-state index is 4.96. The van der Waals surface area contributed by atoms with Crippen LogP contribution in [0.4, 0.5) is 0 Å². The summed E-state index contributed by atoms with van der Waals surface area (Å²) in [6.45, 7) is 2.13. The largest absolute Gasteiger partial charge is 0.251 e. The van der Waals surface area contributed by atoms with Crippen LogP contribution in [0.1, 0.15) is 18.3 Å². The zero-order valence-electron chi connectivity index (χ0n) is 16.0. The molecule has 4 rings (SSSR count). The Morgan fingerprint density at radius 1 is 0.571 bits per heavy atom. The fourth-order valence-corrected chi connectivity index (χ4v) is 5.47. The molecule has 0 aliphatic rings. The molecule has 0 aliphatic carbocycles. The Hall–Kier alpha value is -2.83. The summed E-state index contributed by atoms with van der Waals surface area (Å²) in [5, 5.41) is 2.75. The van der Waals surface area contributed by atoms with Crippen molar-refractivity contribution in [1.82, 2.24) is 9.97 Å². The topological polar surface area (TPSA) is 25.8 Å². The van der Waals surface area contributed by atoms with Crippen molar-refractivity contribution in [3.8, 4) is 11.4 Å². The summed E-state index contributed by atoms with van der Waals surface area (Å²) in [7, 11) is -0.501. The van der Waals surface area contributed by atoms with Crippen LogP contribution < -0.4 is 10.6 Å². The van der Waals surface area contributed by atoms with Crippen molar-refractivity contribution in [2.24, 2.45) is 0 Å². The molecule has 0 unspecified atom stereocenters. The van der Waals surface area contributed by atoms with Gasteiger partial charge in [-0.3, -0.25) is 9.97 Å². The number of aryl methyl sites for hydroxylation is 1. The van der Waals surface area contributed by atoms with E-state index in [2.05, 4.69) is 97.9 Å². The van der Waals surface area contributed by atoms with Crippen molar-refractivity contribution >= 4 is 18.5 Å². The van der Waals surface area contributed by atoms with Gasteiger partial charge >= 0.3 is 0 Å². The lowest BCUT2D eigenvalue weighted by molar-refractivity contribution is 1.03. The van der Waals surface area contributed by atoms with Gasteiger partial charge in [-0.05, 0) is 49.2 Å². The summed E-state index contributed by atoms with van der Waals surface area (Å²) < 4.78 is 0. The Bertz CT molecular complexity index is 993. The van der Waals surface area contributed by atoms with E-state index in [1.165, 1.54) is 10.6 Å². The number of benzene rings is 2. The first kappa shape index (κ1) is 18.5. The molecule has 0 spiro atoms. The van der Waals surface area contributed by atoms with E-state index in [4.69, 9.17) is 9.97 Å². The summed E-state index contributed by atoms with van der Waals surface area (Å²) in [5.74, 6) is 0. The van der Waals surface area contributed by atoms with Crippen molar-refractivity contribution < 1.29 is 0 Å². The number of hydrogen-bond donors (Lipinski definition) is 0. The fraction of sp³-hybridized carbons (Fsp3) is 0.120. The fourth-order valence-electron chi connectivity index (χ4n) is 3.24. The van der Waals surface area contributed by atoms with Crippen LogP contribution in [0.5, 0.6) is 0 Å². The van der Waals surface area contributed by atoms with Crippen LogP contribution in [0.3, 0.4) is 0 Å². The summed E-state index contributed by atoms with van der Waals surface area (Å²) in [5.41, 5.74) is 4.11. The summed E-state index contributed by atoms with van der Waals surface area (Å²) >= 11 is 0. The highest BCUT2D eigenvalue weighted by Gasteiger charge is 2.15. The summed E-state index contributed by atoms with van der Waals surface area (Å²) in [6, 6.07) is 34.0. The second-order valence-electron chi connectivity index (χ2n) is 6.64. The lowest BCUT2D eigenvalue weighted by Crippen LogP contribution is -2.13. The molecule has 0 aliphatic heterocycles. The molecule has 0 saturated carbocycles. The number of aromatic nitrogens is 2. The molecular formula is C25H23N2P. The molecule has 2 heterocycles. The summed E-state index contributed by atoms with van der Waals surface area (Å²) in [6.07, 6.45) is 1.85. The third-order valence-electron chi connectivity index (χ3n) is 4.69. The van der Waals surface area contributed by atoms with E-state index in [9.17, 15) is 0 Å². The molecule has 0 saturated heterocycles. The molecule has 0 fully saturated rings. The highest BCUT2D eigenvalue weighted by atomic mass is 31.1. The van der Waals surface area contributed by atoms with Gasteiger partial charge in [0, 0.05) is 17.5 Å². The molecule has 138 valence electrons. The monoisotopic (exact) mass is 382 g/mol. The van der Waals surface area contributed by atoms with Crippen LogP contribution in [-0.4, -0.2) is 9.97 Å². The third-order valence-corrected chi connectivity index (χ3v) is 7.18. The van der Waals surface area contributed by atoms with Gasteiger partial charge in [0.25, 0.3) is 0 Å². The predicted octanol–water partition coefficient (Wildman–Crippen LogP) is 5.34. The van der Waals surface area contributed by atoms with E-state index in [-0.39, 0.29) is 0 Å². The summed E-state index contributed by atoms with van der Waals surface area (Å²) in [4.78, 5) is 9.70. The Morgan fingerprint density at radius 2 is 1.07 bits per heavy atom. The van der Waals surface area contributed by atoms with Gasteiger partial charge in [0.1, 0.15) is 0 Å². The van der Waals surface area contributed by atoms with Crippen molar-refractivity contribution in [1.29, 1.82) is 0 Å². The van der Waals surface area contributed by atoms with E-state index in [1.54, 1.807) is 0 Å². The third kappa shape index (κ3) is 4.35. The van der Waals surface area contributed by atoms with Crippen LogP contribution in [0.2, 0.25) is 0 Å². The molecule has 28 heavy (non-hydrogen) atoms. The smallest absolute Gasteiger partial charge is 0.0889 e. The molecule has 2 nitrogen and oxygen atoms in total. The maximum absolute atomic E-state index is 4.96. The maximum Gasteiger partial charge on any atom is 0.0889 e. The zero-order valence-corrected chi connectivity index (χ0v) is 16.9. The number of rotatable bonds is 6. The highest BCUT2D eigenvalue weighted by molar-refractivity contribution is 7.72. The molecule has 2 aromatic heterocycles. The molecule has 2 aromatic carbocycles. The van der Waals surface area contributed by atoms with Gasteiger partial charge < -0.3 is 0 Å². The Labute approximate surface area is 168 Å². The first-order valence-corrected chi connectivity index (χ1v) is 11.2. The Morgan fingerprint density at radius 3 is 1.61 bits per heavy atom. The van der Waals surface area contributed by atoms with Crippen molar-refractivity contribution in [2.75, 3.05) is 0 Å². The molecule has 0 radical (unpaired) electrons. The average Bonchev–Trinajstić information content (AvgIpc) is 2.79. The molecule has 0 amide bonds. The number of pyridine rings is 2. The average molecular weight is 382 g/mol. The molecule has 0 bridgehead atoms. The normalized spacial score (nSPS) is 10.9. The van der Waals surface area contributed by atoms with E-state index in [0.29, 0.717) is 0 Å². The standard InChI is InChI=1S/C25H23N2P/c1-2-20-11-9-17-24(26-20)25-18-10-12-21(27-25)19-28(22-13-5-3-6-14-22)23-15-7-4-8-16-23/h3-18H,2,19H2,1H3. The van der Waals surface area contributed by atoms with Gasteiger partial charge in [0.2, 0.25) is 0 Å². The van der Waals surface area contributed by atoms with Crippen LogP contribution in [-0.2, 0) is 12.6 Å². The predicted molar refractivity (Wildman–Crippen MR) is 120 cm³/mol. The van der Waals surface area contributed by atoms with Gasteiger partial charge in [-0.15, -0.1) is 0 Å². The minimum Gasteiger partial charge on any atom is -0.251 e. The highest BCUT2D eigenvalue weighted by Crippen LogP contribution is 2.37. The van der Waals surface area contributed by atoms with Crippen LogP contribution in [0, 0.1) is 0 Å².